The summed E-state index contributed by atoms with van der Waals surface area (Å²) in [6.07, 6.45) is 4.66. The van der Waals surface area contributed by atoms with Crippen LogP contribution in [0.1, 0.15) is 48.5 Å². The van der Waals surface area contributed by atoms with Crippen molar-refractivity contribution in [3.8, 4) is 0 Å². The van der Waals surface area contributed by atoms with Crippen LogP contribution in [0.3, 0.4) is 0 Å². The van der Waals surface area contributed by atoms with Gasteiger partial charge in [-0.3, -0.25) is 0 Å². The molecule has 1 aromatic rings. The highest BCUT2D eigenvalue weighted by Gasteiger charge is 2.18. The third kappa shape index (κ3) is 6.46. The molecule has 1 saturated heterocycles. The molecule has 7 nitrogen and oxygen atoms in total. The molecule has 24 heavy (non-hydrogen) atoms. The van der Waals surface area contributed by atoms with Gasteiger partial charge in [-0.1, -0.05) is 13.3 Å². The highest BCUT2D eigenvalue weighted by molar-refractivity contribution is 7.89. The van der Waals surface area contributed by atoms with Gasteiger partial charge >= 0.3 is 5.97 Å². The summed E-state index contributed by atoms with van der Waals surface area (Å²) in [6, 6.07) is 2.50. The lowest BCUT2D eigenvalue weighted by Crippen LogP contribution is -2.16. The number of nitrogens with two attached hydrogens (primary N) is 1. The molecule has 0 spiro atoms. The summed E-state index contributed by atoms with van der Waals surface area (Å²) < 4.78 is 22.9. The molecule has 1 heterocycles. The molecule has 136 valence electrons. The minimum atomic E-state index is -3.95. The van der Waals surface area contributed by atoms with Crippen LogP contribution in [-0.2, 0) is 10.0 Å². The molecule has 0 unspecified atom stereocenters. The number of carbonyl (C=O) groups is 1. The van der Waals surface area contributed by atoms with E-state index in [-0.39, 0.29) is 10.5 Å². The van der Waals surface area contributed by atoms with Crippen molar-refractivity contribution in [2.24, 2.45) is 5.14 Å². The summed E-state index contributed by atoms with van der Waals surface area (Å²) in [6.45, 7) is 6.77. The van der Waals surface area contributed by atoms with Crippen molar-refractivity contribution >= 4 is 21.7 Å². The molecule has 5 N–H and O–H groups in total. The molecule has 0 amide bonds. The second-order valence-electron chi connectivity index (χ2n) is 5.73. The Bertz CT molecular complexity index is 648. The number of primary sulfonamides is 1. The smallest absolute Gasteiger partial charge is 0.335 e. The van der Waals surface area contributed by atoms with Gasteiger partial charge in [0.25, 0.3) is 0 Å². The van der Waals surface area contributed by atoms with Gasteiger partial charge in [-0.15, -0.1) is 0 Å². The SMILES string of the molecule is C1CCNC1.CCCCNc1cc(C(=O)O)cc(S(N)(=O)=O)c1C. The molecule has 1 aliphatic heterocycles. The monoisotopic (exact) mass is 357 g/mol. The lowest BCUT2D eigenvalue weighted by atomic mass is 10.1. The Morgan fingerprint density at radius 1 is 1.33 bits per heavy atom. The summed E-state index contributed by atoms with van der Waals surface area (Å²) in [5, 5.41) is 20.4. The van der Waals surface area contributed by atoms with Gasteiger partial charge in [0.1, 0.15) is 0 Å². The van der Waals surface area contributed by atoms with E-state index in [1.54, 1.807) is 6.92 Å². The molecule has 0 bridgehead atoms. The summed E-state index contributed by atoms with van der Waals surface area (Å²) in [4.78, 5) is 10.8. The standard InChI is InChI=1S/C12H18N2O4S.C4H9N/c1-3-4-5-14-10-6-9(12(15)16)7-11(8(10)2)19(13,17)18;1-2-4-5-3-1/h6-7,14H,3-5H2,1-2H3,(H,15,16)(H2,13,17,18);5H,1-4H2. The molecular formula is C16H27N3O4S. The summed E-state index contributed by atoms with van der Waals surface area (Å²) in [5.41, 5.74) is 0.814. The first-order chi connectivity index (χ1) is 11.3. The normalized spacial score (nSPS) is 14.0. The number of nitrogens with one attached hydrogen (secondary N) is 2. The predicted octanol–water partition coefficient (Wildman–Crippen LogP) is 1.92. The van der Waals surface area contributed by atoms with Crippen LogP contribution < -0.4 is 15.8 Å². The predicted molar refractivity (Wildman–Crippen MR) is 95.0 cm³/mol. The average Bonchev–Trinajstić information content (AvgIpc) is 3.07. The Morgan fingerprint density at radius 2 is 1.96 bits per heavy atom. The van der Waals surface area contributed by atoms with Crippen LogP contribution in [0.5, 0.6) is 0 Å². The van der Waals surface area contributed by atoms with Crippen molar-refractivity contribution in [1.82, 2.24) is 5.32 Å². The van der Waals surface area contributed by atoms with Gasteiger partial charge in [0.2, 0.25) is 10.0 Å². The van der Waals surface area contributed by atoms with Crippen molar-refractivity contribution in [2.75, 3.05) is 25.0 Å². The number of rotatable bonds is 6. The molecule has 1 aromatic carbocycles. The highest BCUT2D eigenvalue weighted by Crippen LogP contribution is 2.25. The van der Waals surface area contributed by atoms with Gasteiger partial charge < -0.3 is 15.7 Å². The number of sulfonamides is 1. The quantitative estimate of drug-likeness (QED) is 0.577. The van der Waals surface area contributed by atoms with E-state index >= 15 is 0 Å². The Kier molecular flexibility index (Phi) is 8.17. The zero-order valence-corrected chi connectivity index (χ0v) is 15.1. The van der Waals surface area contributed by atoms with E-state index in [9.17, 15) is 13.2 Å². The van der Waals surface area contributed by atoms with E-state index in [2.05, 4.69) is 10.6 Å². The van der Waals surface area contributed by atoms with Crippen LogP contribution in [0, 0.1) is 6.92 Å². The fourth-order valence-corrected chi connectivity index (χ4v) is 3.14. The van der Waals surface area contributed by atoms with E-state index in [4.69, 9.17) is 10.2 Å². The van der Waals surface area contributed by atoms with Crippen molar-refractivity contribution in [3.05, 3.63) is 23.3 Å². The van der Waals surface area contributed by atoms with Crippen LogP contribution in [0.2, 0.25) is 0 Å². The topological polar surface area (TPSA) is 122 Å². The number of aromatic carboxylic acids is 1. The summed E-state index contributed by atoms with van der Waals surface area (Å²) in [5.74, 6) is -1.19. The van der Waals surface area contributed by atoms with E-state index in [1.165, 1.54) is 32.0 Å². The molecular weight excluding hydrogens is 330 g/mol. The van der Waals surface area contributed by atoms with Crippen molar-refractivity contribution in [1.29, 1.82) is 0 Å². The number of carboxylic acid groups (broad SMARTS) is 1. The second kappa shape index (κ2) is 9.61. The Hall–Kier alpha value is -1.64. The zero-order chi connectivity index (χ0) is 18.2. The van der Waals surface area contributed by atoms with Crippen LogP contribution in [0.25, 0.3) is 0 Å². The number of benzene rings is 1. The first-order valence-corrected chi connectivity index (χ1v) is 9.67. The molecule has 2 rings (SSSR count). The Morgan fingerprint density at radius 3 is 2.38 bits per heavy atom. The molecule has 0 aromatic heterocycles. The van der Waals surface area contributed by atoms with Crippen LogP contribution >= 0.6 is 0 Å². The van der Waals surface area contributed by atoms with Crippen molar-refractivity contribution < 1.29 is 18.3 Å². The second-order valence-corrected chi connectivity index (χ2v) is 7.26. The lowest BCUT2D eigenvalue weighted by molar-refractivity contribution is 0.0696. The number of carboxylic acids is 1. The molecule has 0 aliphatic carbocycles. The maximum absolute atomic E-state index is 11.5. The molecule has 0 radical (unpaired) electrons. The van der Waals surface area contributed by atoms with Crippen molar-refractivity contribution in [3.63, 3.8) is 0 Å². The lowest BCUT2D eigenvalue weighted by Gasteiger charge is -2.13. The molecule has 1 aliphatic rings. The Labute approximate surface area is 143 Å². The zero-order valence-electron chi connectivity index (χ0n) is 14.3. The first-order valence-electron chi connectivity index (χ1n) is 8.12. The molecule has 0 saturated carbocycles. The minimum Gasteiger partial charge on any atom is -0.478 e. The van der Waals surface area contributed by atoms with Crippen molar-refractivity contribution in [2.45, 2.75) is 44.4 Å². The van der Waals surface area contributed by atoms with Crippen LogP contribution in [0.15, 0.2) is 17.0 Å². The molecule has 8 heteroatoms. The van der Waals surface area contributed by atoms with Gasteiger partial charge in [0.05, 0.1) is 10.5 Å². The molecule has 0 atom stereocenters. The largest absolute Gasteiger partial charge is 0.478 e. The summed E-state index contributed by atoms with van der Waals surface area (Å²) in [7, 11) is -3.95. The van der Waals surface area contributed by atoms with E-state index < -0.39 is 16.0 Å². The van der Waals surface area contributed by atoms with E-state index in [0.29, 0.717) is 17.8 Å². The number of hydrogen-bond acceptors (Lipinski definition) is 5. The van der Waals surface area contributed by atoms with Gasteiger partial charge in [-0.2, -0.15) is 0 Å². The first kappa shape index (κ1) is 20.4. The van der Waals surface area contributed by atoms with Gasteiger partial charge in [-0.05, 0) is 57.0 Å². The number of hydrogen-bond donors (Lipinski definition) is 4. The van der Waals surface area contributed by atoms with Gasteiger partial charge in [-0.25, -0.2) is 18.4 Å². The molecule has 1 fully saturated rings. The minimum absolute atomic E-state index is 0.103. The summed E-state index contributed by atoms with van der Waals surface area (Å²) >= 11 is 0. The van der Waals surface area contributed by atoms with Gasteiger partial charge in [0.15, 0.2) is 0 Å². The fourth-order valence-electron chi connectivity index (χ4n) is 2.32. The van der Waals surface area contributed by atoms with Crippen LogP contribution in [-0.4, -0.2) is 39.1 Å². The maximum Gasteiger partial charge on any atom is 0.335 e. The average molecular weight is 357 g/mol. The number of anilines is 1. The van der Waals surface area contributed by atoms with E-state index in [0.717, 1.165) is 18.9 Å². The maximum atomic E-state index is 11.5. The third-order valence-corrected chi connectivity index (χ3v) is 4.75. The highest BCUT2D eigenvalue weighted by atomic mass is 32.2. The Balaban J connectivity index is 0.000000488. The van der Waals surface area contributed by atoms with E-state index in [1.807, 2.05) is 6.92 Å². The van der Waals surface area contributed by atoms with Gasteiger partial charge in [0, 0.05) is 12.2 Å². The van der Waals surface area contributed by atoms with Crippen LogP contribution in [0.4, 0.5) is 5.69 Å². The fraction of sp³-hybridized carbons (Fsp3) is 0.562. The number of unbranched alkanes of at least 4 members (excludes halogenated alkanes) is 1. The third-order valence-electron chi connectivity index (χ3n) is 3.72.